The van der Waals surface area contributed by atoms with Gasteiger partial charge < -0.3 is 11.1 Å². The first kappa shape index (κ1) is 18.2. The number of amides is 1. The number of nitrogens with two attached hydrogens (primary N) is 1. The molecule has 0 heterocycles. The molecule has 4 nitrogen and oxygen atoms in total. The summed E-state index contributed by atoms with van der Waals surface area (Å²) >= 11 is 0. The van der Waals surface area contributed by atoms with Gasteiger partial charge in [0.2, 0.25) is 5.91 Å². The zero-order valence-corrected chi connectivity index (χ0v) is 14.4. The fourth-order valence-electron chi connectivity index (χ4n) is 2.55. The van der Waals surface area contributed by atoms with Gasteiger partial charge in [-0.3, -0.25) is 9.69 Å². The maximum atomic E-state index is 12.2. The molecule has 0 aromatic heterocycles. The van der Waals surface area contributed by atoms with Gasteiger partial charge in [-0.25, -0.2) is 0 Å². The Hall–Kier alpha value is -2.17. The van der Waals surface area contributed by atoms with E-state index in [1.807, 2.05) is 30.3 Å². The highest BCUT2D eigenvalue weighted by Gasteiger charge is 2.10. The number of nitrogens with zero attached hydrogens (tertiary/aromatic N) is 1. The van der Waals surface area contributed by atoms with Crippen LogP contribution in [0.15, 0.2) is 54.6 Å². The smallest absolute Gasteiger partial charge is 0.234 e. The summed E-state index contributed by atoms with van der Waals surface area (Å²) in [6.45, 7) is 5.12. The second kappa shape index (κ2) is 9.85. The van der Waals surface area contributed by atoms with E-state index in [9.17, 15) is 4.79 Å². The fraction of sp³-hybridized carbons (Fsp3) is 0.350. The Kier molecular flexibility index (Phi) is 7.46. The number of benzene rings is 2. The summed E-state index contributed by atoms with van der Waals surface area (Å²) in [5.41, 5.74) is 9.29. The molecule has 0 saturated carbocycles. The Morgan fingerprint density at radius 1 is 1.00 bits per heavy atom. The van der Waals surface area contributed by atoms with Crippen LogP contribution in [-0.2, 0) is 17.8 Å². The Bertz CT molecular complexity index is 611. The van der Waals surface area contributed by atoms with E-state index >= 15 is 0 Å². The third-order valence-corrected chi connectivity index (χ3v) is 3.98. The highest BCUT2D eigenvalue weighted by atomic mass is 16.2. The topological polar surface area (TPSA) is 58.4 Å². The van der Waals surface area contributed by atoms with E-state index < -0.39 is 0 Å². The summed E-state index contributed by atoms with van der Waals surface area (Å²) in [6.07, 6.45) is 0.923. The van der Waals surface area contributed by atoms with Crippen LogP contribution in [0.25, 0.3) is 0 Å². The summed E-state index contributed by atoms with van der Waals surface area (Å²) in [5, 5.41) is 2.98. The molecule has 2 aromatic carbocycles. The molecule has 0 saturated heterocycles. The normalized spacial score (nSPS) is 10.8. The molecule has 0 aliphatic carbocycles. The van der Waals surface area contributed by atoms with Gasteiger partial charge in [0.1, 0.15) is 0 Å². The van der Waals surface area contributed by atoms with E-state index in [1.165, 1.54) is 11.1 Å². The number of carbonyl (C=O) groups is 1. The van der Waals surface area contributed by atoms with E-state index in [0.717, 1.165) is 25.1 Å². The number of aryl methyl sites for hydroxylation is 1. The molecule has 2 rings (SSSR count). The zero-order chi connectivity index (χ0) is 17.2. The zero-order valence-electron chi connectivity index (χ0n) is 14.4. The third kappa shape index (κ3) is 6.52. The number of hydrogen-bond acceptors (Lipinski definition) is 3. The van der Waals surface area contributed by atoms with Crippen LogP contribution in [0.1, 0.15) is 16.7 Å². The lowest BCUT2D eigenvalue weighted by molar-refractivity contribution is -0.122. The predicted molar refractivity (Wildman–Crippen MR) is 98.7 cm³/mol. The van der Waals surface area contributed by atoms with Crippen LogP contribution < -0.4 is 11.1 Å². The van der Waals surface area contributed by atoms with Crippen LogP contribution in [0, 0.1) is 6.92 Å². The van der Waals surface area contributed by atoms with Gasteiger partial charge >= 0.3 is 0 Å². The first-order valence-electron chi connectivity index (χ1n) is 8.46. The Labute approximate surface area is 144 Å². The molecule has 0 bridgehead atoms. The average molecular weight is 325 g/mol. The molecule has 0 spiro atoms. The van der Waals surface area contributed by atoms with Crippen molar-refractivity contribution in [1.29, 1.82) is 0 Å². The summed E-state index contributed by atoms with van der Waals surface area (Å²) in [6, 6.07) is 18.5. The summed E-state index contributed by atoms with van der Waals surface area (Å²) in [5.74, 6) is 0.0390. The summed E-state index contributed by atoms with van der Waals surface area (Å²) in [7, 11) is 0. The molecule has 1 amide bonds. The van der Waals surface area contributed by atoms with Crippen LogP contribution in [0.2, 0.25) is 0 Å². The third-order valence-electron chi connectivity index (χ3n) is 3.98. The predicted octanol–water partition coefficient (Wildman–Crippen LogP) is 2.11. The Morgan fingerprint density at radius 3 is 2.38 bits per heavy atom. The minimum Gasteiger partial charge on any atom is -0.351 e. The van der Waals surface area contributed by atoms with Crippen LogP contribution in [0.3, 0.4) is 0 Å². The first-order valence-corrected chi connectivity index (χ1v) is 8.46. The number of rotatable bonds is 9. The molecule has 24 heavy (non-hydrogen) atoms. The van der Waals surface area contributed by atoms with E-state index in [-0.39, 0.29) is 5.91 Å². The minimum atomic E-state index is 0.0390. The second-order valence-electron chi connectivity index (χ2n) is 6.06. The Balaban J connectivity index is 1.78. The van der Waals surface area contributed by atoms with Crippen molar-refractivity contribution in [2.45, 2.75) is 19.9 Å². The van der Waals surface area contributed by atoms with Crippen molar-refractivity contribution in [3.05, 3.63) is 71.3 Å². The first-order chi connectivity index (χ1) is 11.7. The average Bonchev–Trinajstić information content (AvgIpc) is 2.60. The summed E-state index contributed by atoms with van der Waals surface area (Å²) < 4.78 is 0. The van der Waals surface area contributed by atoms with Crippen LogP contribution in [0.4, 0.5) is 0 Å². The second-order valence-corrected chi connectivity index (χ2v) is 6.06. The molecule has 0 fully saturated rings. The van der Waals surface area contributed by atoms with Gasteiger partial charge in [-0.2, -0.15) is 0 Å². The maximum absolute atomic E-state index is 12.2. The van der Waals surface area contributed by atoms with Crippen LogP contribution in [0.5, 0.6) is 0 Å². The molecular formula is C20H27N3O. The number of hydrogen-bond donors (Lipinski definition) is 2. The van der Waals surface area contributed by atoms with E-state index in [2.05, 4.69) is 41.4 Å². The monoisotopic (exact) mass is 325 g/mol. The minimum absolute atomic E-state index is 0.0390. The molecular weight excluding hydrogens is 298 g/mol. The Morgan fingerprint density at radius 2 is 1.71 bits per heavy atom. The largest absolute Gasteiger partial charge is 0.351 e. The lowest BCUT2D eigenvalue weighted by Crippen LogP contribution is -2.40. The lowest BCUT2D eigenvalue weighted by Gasteiger charge is -2.21. The molecule has 2 aromatic rings. The SMILES string of the molecule is Cc1ccc(CNC(=O)CN(CCN)CCc2ccccc2)cc1. The van der Waals surface area contributed by atoms with Crippen molar-refractivity contribution in [2.75, 3.05) is 26.2 Å². The highest BCUT2D eigenvalue weighted by Crippen LogP contribution is 2.03. The van der Waals surface area contributed by atoms with Crippen LogP contribution >= 0.6 is 0 Å². The highest BCUT2D eigenvalue weighted by molar-refractivity contribution is 5.78. The van der Waals surface area contributed by atoms with Crippen molar-refractivity contribution in [3.63, 3.8) is 0 Å². The summed E-state index contributed by atoms with van der Waals surface area (Å²) in [4.78, 5) is 14.3. The maximum Gasteiger partial charge on any atom is 0.234 e. The number of carbonyl (C=O) groups excluding carboxylic acids is 1. The molecule has 0 radical (unpaired) electrons. The fourth-order valence-corrected chi connectivity index (χ4v) is 2.55. The molecule has 0 aliphatic heterocycles. The van der Waals surface area contributed by atoms with Gasteiger partial charge in [0.15, 0.2) is 0 Å². The van der Waals surface area contributed by atoms with E-state index in [1.54, 1.807) is 0 Å². The van der Waals surface area contributed by atoms with Crippen molar-refractivity contribution < 1.29 is 4.79 Å². The van der Waals surface area contributed by atoms with Gasteiger partial charge in [0.05, 0.1) is 6.54 Å². The van der Waals surface area contributed by atoms with E-state index in [4.69, 9.17) is 5.73 Å². The molecule has 0 atom stereocenters. The van der Waals surface area contributed by atoms with Gasteiger partial charge in [-0.05, 0) is 24.5 Å². The van der Waals surface area contributed by atoms with E-state index in [0.29, 0.717) is 19.6 Å². The van der Waals surface area contributed by atoms with Crippen LogP contribution in [-0.4, -0.2) is 37.0 Å². The standard InChI is InChI=1S/C20H27N3O/c1-17-7-9-19(10-8-17)15-22-20(24)16-23(14-12-21)13-11-18-5-3-2-4-6-18/h2-10H,11-16,21H2,1H3,(H,22,24). The van der Waals surface area contributed by atoms with Gasteiger partial charge in [0, 0.05) is 26.2 Å². The number of nitrogens with one attached hydrogen (secondary N) is 1. The van der Waals surface area contributed by atoms with Gasteiger partial charge in [-0.1, -0.05) is 60.2 Å². The van der Waals surface area contributed by atoms with Crippen molar-refractivity contribution in [2.24, 2.45) is 5.73 Å². The molecule has 128 valence electrons. The molecule has 0 unspecified atom stereocenters. The molecule has 0 aliphatic rings. The lowest BCUT2D eigenvalue weighted by atomic mass is 10.1. The van der Waals surface area contributed by atoms with Crippen molar-refractivity contribution in [3.8, 4) is 0 Å². The molecule has 3 N–H and O–H groups in total. The van der Waals surface area contributed by atoms with Gasteiger partial charge in [0.25, 0.3) is 0 Å². The van der Waals surface area contributed by atoms with Crippen molar-refractivity contribution in [1.82, 2.24) is 10.2 Å². The molecule has 4 heteroatoms. The quantitative estimate of drug-likeness (QED) is 0.742. The van der Waals surface area contributed by atoms with Gasteiger partial charge in [-0.15, -0.1) is 0 Å². The van der Waals surface area contributed by atoms with Crippen molar-refractivity contribution >= 4 is 5.91 Å².